The third-order valence-corrected chi connectivity index (χ3v) is 11.4. The largest absolute Gasteiger partial charge is 0.351 e. The number of halogens is 1. The quantitative estimate of drug-likeness (QED) is 0.429. The monoisotopic (exact) mass is 523 g/mol. The van der Waals surface area contributed by atoms with Gasteiger partial charge in [-0.25, -0.2) is 5.43 Å². The number of hydrazine groups is 1. The van der Waals surface area contributed by atoms with E-state index in [1.807, 2.05) is 12.1 Å². The van der Waals surface area contributed by atoms with Gasteiger partial charge in [-0.05, 0) is 91.7 Å². The second-order valence-electron chi connectivity index (χ2n) is 13.7. The number of nitrogens with one attached hydrogen (secondary N) is 2. The fourth-order valence-electron chi connectivity index (χ4n) is 9.04. The van der Waals surface area contributed by atoms with E-state index >= 15 is 0 Å². The molecule has 6 rings (SSSR count). The van der Waals surface area contributed by atoms with Crippen LogP contribution in [0.3, 0.4) is 0 Å². The van der Waals surface area contributed by atoms with Crippen molar-refractivity contribution in [3.05, 3.63) is 46.1 Å². The minimum atomic E-state index is -0.234. The first-order valence-electron chi connectivity index (χ1n) is 15.1. The van der Waals surface area contributed by atoms with Gasteiger partial charge in [0, 0.05) is 28.7 Å². The highest BCUT2D eigenvalue weighted by molar-refractivity contribution is 6.31. The summed E-state index contributed by atoms with van der Waals surface area (Å²) in [6.07, 6.45) is 15.7. The number of amides is 1. The van der Waals surface area contributed by atoms with E-state index in [9.17, 15) is 4.79 Å². The molecule has 5 aliphatic rings. The highest BCUT2D eigenvalue weighted by atomic mass is 35.5. The molecule has 1 aromatic carbocycles. The molecule has 5 heteroatoms. The Kier molecular flexibility index (Phi) is 6.89. The van der Waals surface area contributed by atoms with Crippen LogP contribution in [0.25, 0.3) is 0 Å². The molecule has 37 heavy (non-hydrogen) atoms. The highest BCUT2D eigenvalue weighted by Crippen LogP contribution is 2.62. The van der Waals surface area contributed by atoms with Gasteiger partial charge in [0.05, 0.1) is 0 Å². The molecule has 0 spiro atoms. The lowest BCUT2D eigenvalue weighted by atomic mass is 9.68. The van der Waals surface area contributed by atoms with Crippen molar-refractivity contribution in [2.24, 2.45) is 22.7 Å². The number of carbonyl (C=O) groups excluding carboxylic acids is 1. The maximum atomic E-state index is 14.2. The maximum absolute atomic E-state index is 14.2. The number of allylic oxidation sites excluding steroid dienone is 1. The van der Waals surface area contributed by atoms with Gasteiger partial charge in [-0.3, -0.25) is 4.79 Å². The number of fused-ring (bicyclic) bond motifs is 2. The Hall–Kier alpha value is -1.52. The van der Waals surface area contributed by atoms with Crippen LogP contribution >= 0.6 is 11.6 Å². The molecule has 0 saturated heterocycles. The SMILES string of the molecule is CC12CCC(C1)C(C)(C)[C@H]2NC(=O)C1NN(C2CCCCC2)C2=C1CCCCC2Cc1ccccc1Cl. The molecule has 2 bridgehead atoms. The number of carbonyl (C=O) groups is 1. The van der Waals surface area contributed by atoms with E-state index in [2.05, 4.69) is 48.7 Å². The zero-order valence-corrected chi connectivity index (χ0v) is 23.9. The molecule has 1 heterocycles. The summed E-state index contributed by atoms with van der Waals surface area (Å²) >= 11 is 6.65. The van der Waals surface area contributed by atoms with E-state index < -0.39 is 0 Å². The Morgan fingerprint density at radius 3 is 2.54 bits per heavy atom. The molecule has 4 aliphatic carbocycles. The van der Waals surface area contributed by atoms with Crippen molar-refractivity contribution < 1.29 is 4.79 Å². The molecule has 3 fully saturated rings. The Bertz CT molecular complexity index is 1060. The first-order chi connectivity index (χ1) is 17.8. The van der Waals surface area contributed by atoms with Crippen LogP contribution in [0.5, 0.6) is 0 Å². The molecule has 4 unspecified atom stereocenters. The van der Waals surface area contributed by atoms with Gasteiger partial charge in [-0.1, -0.05) is 76.3 Å². The average Bonchev–Trinajstić information content (AvgIpc) is 3.47. The van der Waals surface area contributed by atoms with Gasteiger partial charge in [0.15, 0.2) is 0 Å². The van der Waals surface area contributed by atoms with Gasteiger partial charge in [-0.2, -0.15) is 0 Å². The molecule has 4 nitrogen and oxygen atoms in total. The lowest BCUT2D eigenvalue weighted by Crippen LogP contribution is -2.57. The van der Waals surface area contributed by atoms with E-state index in [0.717, 1.165) is 30.2 Å². The van der Waals surface area contributed by atoms with Crippen molar-refractivity contribution >= 4 is 17.5 Å². The van der Waals surface area contributed by atoms with E-state index in [1.165, 1.54) is 81.0 Å². The van der Waals surface area contributed by atoms with Gasteiger partial charge in [0.1, 0.15) is 6.04 Å². The summed E-state index contributed by atoms with van der Waals surface area (Å²) < 4.78 is 0. The van der Waals surface area contributed by atoms with E-state index in [1.54, 1.807) is 0 Å². The molecule has 2 N–H and O–H groups in total. The van der Waals surface area contributed by atoms with Crippen molar-refractivity contribution in [3.8, 4) is 0 Å². The summed E-state index contributed by atoms with van der Waals surface area (Å²) in [5, 5.41) is 7.02. The van der Waals surface area contributed by atoms with Crippen molar-refractivity contribution in [1.29, 1.82) is 0 Å². The molecule has 1 aliphatic heterocycles. The van der Waals surface area contributed by atoms with Crippen LogP contribution in [0.2, 0.25) is 5.02 Å². The number of benzene rings is 1. The van der Waals surface area contributed by atoms with E-state index in [4.69, 9.17) is 11.6 Å². The Labute approximate surface area is 228 Å². The summed E-state index contributed by atoms with van der Waals surface area (Å²) in [6, 6.07) is 8.83. The molecule has 202 valence electrons. The number of rotatable bonds is 5. The summed E-state index contributed by atoms with van der Waals surface area (Å²) in [7, 11) is 0. The predicted octanol–water partition coefficient (Wildman–Crippen LogP) is 7.18. The van der Waals surface area contributed by atoms with Gasteiger partial charge in [0.2, 0.25) is 5.91 Å². The van der Waals surface area contributed by atoms with Crippen molar-refractivity contribution in [2.45, 2.75) is 122 Å². The summed E-state index contributed by atoms with van der Waals surface area (Å²) in [5.74, 6) is 1.34. The summed E-state index contributed by atoms with van der Waals surface area (Å²) in [6.45, 7) is 7.19. The average molecular weight is 524 g/mol. The zero-order valence-electron chi connectivity index (χ0n) is 23.1. The minimum Gasteiger partial charge on any atom is -0.351 e. The molecule has 1 amide bonds. The van der Waals surface area contributed by atoms with Crippen molar-refractivity contribution in [1.82, 2.24) is 15.8 Å². The molecule has 3 saturated carbocycles. The first kappa shape index (κ1) is 25.7. The van der Waals surface area contributed by atoms with Crippen molar-refractivity contribution in [3.63, 3.8) is 0 Å². The second-order valence-corrected chi connectivity index (χ2v) is 14.1. The van der Waals surface area contributed by atoms with Gasteiger partial charge < -0.3 is 10.3 Å². The molecular formula is C32H46ClN3O. The summed E-state index contributed by atoms with van der Waals surface area (Å²) in [4.78, 5) is 14.2. The van der Waals surface area contributed by atoms with Crippen LogP contribution in [0.4, 0.5) is 0 Å². The standard InChI is InChI=1S/C32H46ClN3O/c1-31(2)23-17-18-32(3,20-23)30(31)34-29(37)27-25-15-9-7-12-22(19-21-11-8-10-16-26(21)33)28(25)36(35-27)24-13-5-4-6-14-24/h8,10-11,16,22-24,27,30,35H,4-7,9,12-15,17-20H2,1-3H3,(H,34,37)/t22?,23?,27?,30-,32?/m1/s1. The Morgan fingerprint density at radius 2 is 1.81 bits per heavy atom. The zero-order chi connectivity index (χ0) is 25.8. The van der Waals surface area contributed by atoms with Gasteiger partial charge >= 0.3 is 0 Å². The fourth-order valence-corrected chi connectivity index (χ4v) is 9.25. The Balaban J connectivity index is 1.32. The van der Waals surface area contributed by atoms with Crippen LogP contribution in [0.15, 0.2) is 35.5 Å². The number of nitrogens with zero attached hydrogens (tertiary/aromatic N) is 1. The molecule has 5 atom stereocenters. The second kappa shape index (κ2) is 9.90. The number of hydrogen-bond donors (Lipinski definition) is 2. The molecule has 0 aromatic heterocycles. The fraction of sp³-hybridized carbons (Fsp3) is 0.719. The molecule has 0 radical (unpaired) electrons. The van der Waals surface area contributed by atoms with E-state index in [-0.39, 0.29) is 28.8 Å². The molecule has 1 aromatic rings. The number of hydrogen-bond acceptors (Lipinski definition) is 3. The third-order valence-electron chi connectivity index (χ3n) is 11.0. The maximum Gasteiger partial charge on any atom is 0.243 e. The van der Waals surface area contributed by atoms with Gasteiger partial charge in [-0.15, -0.1) is 0 Å². The minimum absolute atomic E-state index is 0.164. The highest BCUT2D eigenvalue weighted by Gasteiger charge is 2.60. The normalized spacial score (nSPS) is 35.5. The van der Waals surface area contributed by atoms with Crippen LogP contribution in [0.1, 0.15) is 103 Å². The predicted molar refractivity (Wildman–Crippen MR) is 151 cm³/mol. The van der Waals surface area contributed by atoms with E-state index in [0.29, 0.717) is 12.0 Å². The lowest BCUT2D eigenvalue weighted by molar-refractivity contribution is -0.125. The van der Waals surface area contributed by atoms with Crippen LogP contribution < -0.4 is 10.7 Å². The van der Waals surface area contributed by atoms with Crippen molar-refractivity contribution in [2.75, 3.05) is 0 Å². The van der Waals surface area contributed by atoms with Crippen LogP contribution in [0, 0.1) is 22.7 Å². The first-order valence-corrected chi connectivity index (χ1v) is 15.5. The van der Waals surface area contributed by atoms with Gasteiger partial charge in [0.25, 0.3) is 0 Å². The third kappa shape index (κ3) is 4.54. The lowest BCUT2D eigenvalue weighted by Gasteiger charge is -2.43. The topological polar surface area (TPSA) is 44.4 Å². The smallest absolute Gasteiger partial charge is 0.243 e. The molecular weight excluding hydrogens is 478 g/mol. The van der Waals surface area contributed by atoms with Crippen LogP contribution in [-0.4, -0.2) is 29.0 Å². The van der Waals surface area contributed by atoms with Crippen LogP contribution in [-0.2, 0) is 11.2 Å². The Morgan fingerprint density at radius 1 is 1.05 bits per heavy atom. The summed E-state index contributed by atoms with van der Waals surface area (Å²) in [5.41, 5.74) is 8.26.